The van der Waals surface area contributed by atoms with Gasteiger partial charge in [0.2, 0.25) is 5.82 Å². The summed E-state index contributed by atoms with van der Waals surface area (Å²) < 4.78 is 5.06. The Bertz CT molecular complexity index is 485. The minimum atomic E-state index is 0.321. The first-order chi connectivity index (χ1) is 9.29. The number of aromatic nitrogens is 4. The van der Waals surface area contributed by atoms with E-state index in [0.717, 1.165) is 12.1 Å². The van der Waals surface area contributed by atoms with Crippen molar-refractivity contribution in [2.75, 3.05) is 20.3 Å². The van der Waals surface area contributed by atoms with Gasteiger partial charge in [0.25, 0.3) is 0 Å². The van der Waals surface area contributed by atoms with Crippen LogP contribution in [0.2, 0.25) is 0 Å². The van der Waals surface area contributed by atoms with Crippen molar-refractivity contribution in [3.05, 3.63) is 30.3 Å². The van der Waals surface area contributed by atoms with Crippen molar-refractivity contribution in [1.29, 1.82) is 0 Å². The molecule has 0 saturated heterocycles. The molecule has 1 aromatic heterocycles. The maximum atomic E-state index is 5.06. The molecular weight excluding hydrogens is 242 g/mol. The Kier molecular flexibility index (Phi) is 5.00. The van der Waals surface area contributed by atoms with Gasteiger partial charge in [-0.2, -0.15) is 4.80 Å². The molecule has 1 aromatic carbocycles. The maximum absolute atomic E-state index is 5.06. The lowest BCUT2D eigenvalue weighted by Gasteiger charge is -2.11. The Labute approximate surface area is 112 Å². The van der Waals surface area contributed by atoms with Crippen LogP contribution < -0.4 is 5.32 Å². The molecule has 19 heavy (non-hydrogen) atoms. The van der Waals surface area contributed by atoms with Crippen LogP contribution in [0.5, 0.6) is 0 Å². The third-order valence-corrected chi connectivity index (χ3v) is 2.71. The number of tetrazole rings is 1. The lowest BCUT2D eigenvalue weighted by Crippen LogP contribution is -2.33. The van der Waals surface area contributed by atoms with Gasteiger partial charge in [0.05, 0.1) is 13.2 Å². The van der Waals surface area contributed by atoms with E-state index in [9.17, 15) is 0 Å². The zero-order valence-corrected chi connectivity index (χ0v) is 11.3. The molecule has 1 heterocycles. The fourth-order valence-corrected chi connectivity index (χ4v) is 1.76. The van der Waals surface area contributed by atoms with Gasteiger partial charge in [-0.25, -0.2) is 0 Å². The van der Waals surface area contributed by atoms with E-state index in [1.54, 1.807) is 11.9 Å². The zero-order chi connectivity index (χ0) is 13.5. The fraction of sp³-hybridized carbons (Fsp3) is 0.462. The van der Waals surface area contributed by atoms with Gasteiger partial charge in [-0.3, -0.25) is 0 Å². The third kappa shape index (κ3) is 4.11. The molecule has 0 amide bonds. The first kappa shape index (κ1) is 13.6. The summed E-state index contributed by atoms with van der Waals surface area (Å²) in [5.74, 6) is 0.658. The first-order valence-electron chi connectivity index (χ1n) is 6.35. The van der Waals surface area contributed by atoms with E-state index in [1.807, 2.05) is 30.3 Å². The summed E-state index contributed by atoms with van der Waals surface area (Å²) in [4.78, 5) is 1.61. The number of rotatable bonds is 7. The number of hydrogen-bond acceptors (Lipinski definition) is 5. The van der Waals surface area contributed by atoms with E-state index in [2.05, 4.69) is 27.7 Å². The Morgan fingerprint density at radius 2 is 2.11 bits per heavy atom. The minimum absolute atomic E-state index is 0.321. The summed E-state index contributed by atoms with van der Waals surface area (Å²) in [6.45, 7) is 4.25. The molecule has 1 unspecified atom stereocenters. The second-order valence-electron chi connectivity index (χ2n) is 4.39. The predicted octanol–water partition coefficient (Wildman–Crippen LogP) is 0.965. The standard InChI is InChI=1S/C13H19N5O/c1-11(10-19-2)14-8-9-18-16-13(15-17-18)12-6-4-3-5-7-12/h3-7,11,14H,8-10H2,1-2H3. The van der Waals surface area contributed by atoms with Crippen molar-refractivity contribution < 1.29 is 4.74 Å². The fourth-order valence-electron chi connectivity index (χ4n) is 1.76. The van der Waals surface area contributed by atoms with Crippen molar-refractivity contribution in [3.63, 3.8) is 0 Å². The van der Waals surface area contributed by atoms with Gasteiger partial charge in [-0.1, -0.05) is 30.3 Å². The average molecular weight is 261 g/mol. The highest BCUT2D eigenvalue weighted by molar-refractivity contribution is 5.52. The second-order valence-corrected chi connectivity index (χ2v) is 4.39. The van der Waals surface area contributed by atoms with Gasteiger partial charge >= 0.3 is 0 Å². The smallest absolute Gasteiger partial charge is 0.204 e. The number of hydrogen-bond donors (Lipinski definition) is 1. The molecule has 0 aliphatic carbocycles. The molecule has 0 radical (unpaired) electrons. The normalized spacial score (nSPS) is 12.5. The quantitative estimate of drug-likeness (QED) is 0.804. The predicted molar refractivity (Wildman–Crippen MR) is 72.6 cm³/mol. The van der Waals surface area contributed by atoms with Gasteiger partial charge in [-0.15, -0.1) is 10.2 Å². The Hall–Kier alpha value is -1.79. The molecule has 1 atom stereocenters. The van der Waals surface area contributed by atoms with Crippen LogP contribution in [0.1, 0.15) is 6.92 Å². The van der Waals surface area contributed by atoms with Crippen molar-refractivity contribution in [2.24, 2.45) is 0 Å². The highest BCUT2D eigenvalue weighted by Gasteiger charge is 2.05. The Morgan fingerprint density at radius 1 is 1.32 bits per heavy atom. The van der Waals surface area contributed by atoms with E-state index in [4.69, 9.17) is 4.74 Å². The summed E-state index contributed by atoms with van der Waals surface area (Å²) in [5, 5.41) is 15.8. The first-order valence-corrected chi connectivity index (χ1v) is 6.35. The van der Waals surface area contributed by atoms with Crippen molar-refractivity contribution in [2.45, 2.75) is 19.5 Å². The number of nitrogens with one attached hydrogen (secondary N) is 1. The summed E-state index contributed by atoms with van der Waals surface area (Å²) in [7, 11) is 1.70. The third-order valence-electron chi connectivity index (χ3n) is 2.71. The molecule has 0 bridgehead atoms. The molecule has 0 aliphatic rings. The summed E-state index contributed by atoms with van der Waals surface area (Å²) in [6, 6.07) is 10.2. The second kappa shape index (κ2) is 6.96. The summed E-state index contributed by atoms with van der Waals surface area (Å²) in [5.41, 5.74) is 0.981. The molecule has 2 rings (SSSR count). The van der Waals surface area contributed by atoms with E-state index in [1.165, 1.54) is 0 Å². The highest BCUT2D eigenvalue weighted by atomic mass is 16.5. The monoisotopic (exact) mass is 261 g/mol. The van der Waals surface area contributed by atoms with Crippen LogP contribution in [0.25, 0.3) is 11.4 Å². The number of methoxy groups -OCH3 is 1. The van der Waals surface area contributed by atoms with E-state index < -0.39 is 0 Å². The maximum Gasteiger partial charge on any atom is 0.204 e. The van der Waals surface area contributed by atoms with Gasteiger partial charge < -0.3 is 10.1 Å². The van der Waals surface area contributed by atoms with Crippen LogP contribution in [0.3, 0.4) is 0 Å². The summed E-state index contributed by atoms with van der Waals surface area (Å²) in [6.07, 6.45) is 0. The zero-order valence-electron chi connectivity index (χ0n) is 11.3. The Balaban J connectivity index is 1.85. The van der Waals surface area contributed by atoms with E-state index in [-0.39, 0.29) is 0 Å². The topological polar surface area (TPSA) is 64.9 Å². The largest absolute Gasteiger partial charge is 0.383 e. The molecule has 102 valence electrons. The summed E-state index contributed by atoms with van der Waals surface area (Å²) >= 11 is 0. The van der Waals surface area contributed by atoms with E-state index in [0.29, 0.717) is 25.0 Å². The molecular formula is C13H19N5O. The van der Waals surface area contributed by atoms with Gasteiger partial charge in [0, 0.05) is 25.3 Å². The molecule has 0 saturated carbocycles. The molecule has 6 nitrogen and oxygen atoms in total. The lowest BCUT2D eigenvalue weighted by molar-refractivity contribution is 0.171. The van der Waals surface area contributed by atoms with Gasteiger partial charge in [0.1, 0.15) is 0 Å². The van der Waals surface area contributed by atoms with Gasteiger partial charge in [-0.05, 0) is 12.1 Å². The van der Waals surface area contributed by atoms with E-state index >= 15 is 0 Å². The number of benzene rings is 1. The molecule has 2 aromatic rings. The van der Waals surface area contributed by atoms with Gasteiger partial charge in [0.15, 0.2) is 0 Å². The van der Waals surface area contributed by atoms with Crippen molar-refractivity contribution >= 4 is 0 Å². The molecule has 0 spiro atoms. The average Bonchev–Trinajstić information content (AvgIpc) is 2.89. The van der Waals surface area contributed by atoms with Crippen LogP contribution in [-0.2, 0) is 11.3 Å². The Morgan fingerprint density at radius 3 is 2.84 bits per heavy atom. The molecule has 0 aliphatic heterocycles. The number of nitrogens with zero attached hydrogens (tertiary/aromatic N) is 4. The van der Waals surface area contributed by atoms with Crippen LogP contribution in [0.4, 0.5) is 0 Å². The van der Waals surface area contributed by atoms with Crippen LogP contribution in [0, 0.1) is 0 Å². The number of ether oxygens (including phenoxy) is 1. The highest BCUT2D eigenvalue weighted by Crippen LogP contribution is 2.11. The van der Waals surface area contributed by atoms with Crippen molar-refractivity contribution in [3.8, 4) is 11.4 Å². The molecule has 0 fully saturated rings. The van der Waals surface area contributed by atoms with Crippen LogP contribution >= 0.6 is 0 Å². The van der Waals surface area contributed by atoms with Crippen LogP contribution in [0.15, 0.2) is 30.3 Å². The molecule has 6 heteroatoms. The SMILES string of the molecule is COCC(C)NCCn1nnc(-c2ccccc2)n1. The minimum Gasteiger partial charge on any atom is -0.383 e. The van der Waals surface area contributed by atoms with Crippen molar-refractivity contribution in [1.82, 2.24) is 25.5 Å². The lowest BCUT2D eigenvalue weighted by atomic mass is 10.2. The van der Waals surface area contributed by atoms with Crippen LogP contribution in [-0.4, -0.2) is 46.5 Å². The molecule has 1 N–H and O–H groups in total.